The first kappa shape index (κ1) is 42.7. The molecule has 1 aromatic heterocycles. The molecular formula is C41H81N9. The van der Waals surface area contributed by atoms with Crippen LogP contribution in [0.15, 0.2) is 0 Å². The number of nitrogens with zero attached hydrogens (tertiary/aromatic N) is 7. The molecule has 2 saturated heterocycles. The first-order valence-electron chi connectivity index (χ1n) is 20.7. The normalized spacial score (nSPS) is 20.3. The number of hydrogen-bond donors (Lipinski definition) is 2. The quantitative estimate of drug-likeness (QED) is 0.132. The Morgan fingerprint density at radius 3 is 1.20 bits per heavy atom. The van der Waals surface area contributed by atoms with Crippen LogP contribution in [-0.2, 0) is 0 Å². The van der Waals surface area contributed by atoms with Crippen molar-refractivity contribution in [1.29, 1.82) is 0 Å². The van der Waals surface area contributed by atoms with E-state index in [9.17, 15) is 0 Å². The topological polar surface area (TPSA) is 75.7 Å². The molecule has 9 heteroatoms. The van der Waals surface area contributed by atoms with Gasteiger partial charge in [0, 0.05) is 60.4 Å². The van der Waals surface area contributed by atoms with E-state index in [1.807, 2.05) is 0 Å². The molecule has 0 saturated carbocycles. The Morgan fingerprint density at radius 2 is 0.800 bits per heavy atom. The van der Waals surface area contributed by atoms with E-state index in [-0.39, 0.29) is 22.2 Å². The monoisotopic (exact) mass is 700 g/mol. The van der Waals surface area contributed by atoms with Gasteiger partial charge in [-0.25, -0.2) is 0 Å². The fourth-order valence-electron chi connectivity index (χ4n) is 9.00. The lowest BCUT2D eigenvalue weighted by molar-refractivity contribution is 0.157. The second-order valence-corrected chi connectivity index (χ2v) is 18.6. The van der Waals surface area contributed by atoms with E-state index in [2.05, 4.69) is 120 Å². The van der Waals surface area contributed by atoms with Crippen LogP contribution in [-0.4, -0.2) is 100 Å². The summed E-state index contributed by atoms with van der Waals surface area (Å²) in [6, 6.07) is 0.709. The van der Waals surface area contributed by atoms with Crippen LogP contribution in [0, 0.1) is 0 Å². The van der Waals surface area contributed by atoms with Crippen LogP contribution in [0.2, 0.25) is 0 Å². The van der Waals surface area contributed by atoms with Crippen LogP contribution in [0.1, 0.15) is 167 Å². The zero-order valence-corrected chi connectivity index (χ0v) is 35.2. The number of nitrogens with one attached hydrogen (secondary N) is 2. The maximum absolute atomic E-state index is 5.54. The van der Waals surface area contributed by atoms with Gasteiger partial charge in [0.1, 0.15) is 0 Å². The predicted molar refractivity (Wildman–Crippen MR) is 217 cm³/mol. The van der Waals surface area contributed by atoms with E-state index >= 15 is 0 Å². The molecule has 50 heavy (non-hydrogen) atoms. The van der Waals surface area contributed by atoms with Gasteiger partial charge >= 0.3 is 0 Å². The highest BCUT2D eigenvalue weighted by Gasteiger charge is 2.43. The van der Waals surface area contributed by atoms with Crippen molar-refractivity contribution in [1.82, 2.24) is 30.5 Å². The van der Waals surface area contributed by atoms with Gasteiger partial charge in [-0.05, 0) is 133 Å². The van der Waals surface area contributed by atoms with Crippen LogP contribution in [0.5, 0.6) is 0 Å². The van der Waals surface area contributed by atoms with E-state index in [1.54, 1.807) is 0 Å². The number of piperidine rings is 2. The van der Waals surface area contributed by atoms with Crippen LogP contribution >= 0.6 is 0 Å². The molecule has 2 aliphatic heterocycles. The van der Waals surface area contributed by atoms with Gasteiger partial charge in [-0.3, -0.25) is 0 Å². The molecule has 3 rings (SSSR count). The Bertz CT molecular complexity index is 1030. The molecule has 0 unspecified atom stereocenters. The van der Waals surface area contributed by atoms with E-state index < -0.39 is 0 Å². The zero-order chi connectivity index (χ0) is 37.2. The van der Waals surface area contributed by atoms with Gasteiger partial charge in [-0.2, -0.15) is 15.0 Å². The number of unbranched alkanes of at least 4 members (excludes halogenated alkanes) is 4. The Morgan fingerprint density at radius 1 is 0.480 bits per heavy atom. The van der Waals surface area contributed by atoms with E-state index in [0.29, 0.717) is 12.1 Å². The molecule has 1 aromatic rings. The van der Waals surface area contributed by atoms with Crippen molar-refractivity contribution in [3.05, 3.63) is 0 Å². The average Bonchev–Trinajstić information content (AvgIpc) is 2.99. The third kappa shape index (κ3) is 13.4. The summed E-state index contributed by atoms with van der Waals surface area (Å²) in [5.41, 5.74) is 0.135. The molecule has 290 valence electrons. The smallest absolute Gasteiger partial charge is 0.232 e. The van der Waals surface area contributed by atoms with Crippen molar-refractivity contribution < 1.29 is 0 Å². The second-order valence-electron chi connectivity index (χ2n) is 18.6. The fourth-order valence-corrected chi connectivity index (χ4v) is 9.00. The Balaban J connectivity index is 2.17. The molecule has 0 aliphatic carbocycles. The maximum Gasteiger partial charge on any atom is 0.232 e. The predicted octanol–water partition coefficient (Wildman–Crippen LogP) is 8.43. The lowest BCUT2D eigenvalue weighted by Crippen LogP contribution is -2.63. The summed E-state index contributed by atoms with van der Waals surface area (Å²) < 4.78 is 0. The van der Waals surface area contributed by atoms with Crippen LogP contribution in [0.25, 0.3) is 0 Å². The summed E-state index contributed by atoms with van der Waals surface area (Å²) in [5, 5.41) is 7.85. The molecule has 2 N–H and O–H groups in total. The van der Waals surface area contributed by atoms with Gasteiger partial charge in [0.05, 0.1) is 0 Å². The second kappa shape index (κ2) is 18.9. The van der Waals surface area contributed by atoms with Crippen LogP contribution in [0.4, 0.5) is 17.8 Å². The van der Waals surface area contributed by atoms with E-state index in [0.717, 1.165) is 128 Å². The summed E-state index contributed by atoms with van der Waals surface area (Å²) >= 11 is 0. The van der Waals surface area contributed by atoms with Gasteiger partial charge in [0.25, 0.3) is 0 Å². The van der Waals surface area contributed by atoms with Crippen LogP contribution < -0.4 is 25.3 Å². The molecule has 0 spiro atoms. The largest absolute Gasteiger partial charge is 0.341 e. The summed E-state index contributed by atoms with van der Waals surface area (Å²) in [4.78, 5) is 26.7. The Hall–Kier alpha value is -1.71. The lowest BCUT2D eigenvalue weighted by atomic mass is 9.79. The highest BCUT2D eigenvalue weighted by Crippen LogP contribution is 2.36. The van der Waals surface area contributed by atoms with Crippen molar-refractivity contribution in [3.63, 3.8) is 0 Å². The van der Waals surface area contributed by atoms with E-state index in [1.165, 1.54) is 12.8 Å². The molecular weight excluding hydrogens is 619 g/mol. The molecule has 2 aliphatic rings. The van der Waals surface area contributed by atoms with Crippen LogP contribution in [0.3, 0.4) is 0 Å². The minimum atomic E-state index is 0.0337. The molecule has 0 aromatic carbocycles. The third-order valence-electron chi connectivity index (χ3n) is 10.8. The van der Waals surface area contributed by atoms with Crippen molar-refractivity contribution in [3.8, 4) is 0 Å². The molecule has 2 fully saturated rings. The standard InChI is InChI=1S/C41H81N9/c1-14-18-23-47(13)24-22-26-48(25-19-15-2)35-42-36(49(27-20-16-3)33-29-38(5,6)45-39(7,8)30-33)44-37(43-35)50(28-21-17-4)34-31-40(9,10)46-41(11,12)32-34/h33-34,45-46H,14-32H2,1-13H3. The minimum Gasteiger partial charge on any atom is -0.341 e. The first-order valence-corrected chi connectivity index (χ1v) is 20.7. The summed E-state index contributed by atoms with van der Waals surface area (Å²) in [6.45, 7) is 34.2. The molecule has 3 heterocycles. The molecule has 0 bridgehead atoms. The van der Waals surface area contributed by atoms with E-state index in [4.69, 9.17) is 15.0 Å². The highest BCUT2D eigenvalue weighted by atomic mass is 15.4. The molecule has 9 nitrogen and oxygen atoms in total. The maximum atomic E-state index is 5.54. The van der Waals surface area contributed by atoms with Gasteiger partial charge in [-0.15, -0.1) is 0 Å². The van der Waals surface area contributed by atoms with Gasteiger partial charge in [-0.1, -0.05) is 53.4 Å². The first-order chi connectivity index (χ1) is 23.4. The van der Waals surface area contributed by atoms with Crippen molar-refractivity contribution in [2.45, 2.75) is 201 Å². The summed E-state index contributed by atoms with van der Waals surface area (Å²) in [5.74, 6) is 2.64. The number of hydrogen-bond acceptors (Lipinski definition) is 9. The summed E-state index contributed by atoms with van der Waals surface area (Å²) in [6.07, 6.45) is 14.7. The number of aromatic nitrogens is 3. The van der Waals surface area contributed by atoms with Gasteiger partial charge < -0.3 is 30.2 Å². The van der Waals surface area contributed by atoms with Crippen molar-refractivity contribution >= 4 is 17.8 Å². The molecule has 0 amide bonds. The number of rotatable bonds is 21. The van der Waals surface area contributed by atoms with Gasteiger partial charge in [0.2, 0.25) is 17.8 Å². The van der Waals surface area contributed by atoms with Crippen molar-refractivity contribution in [2.75, 3.05) is 61.0 Å². The Labute approximate surface area is 309 Å². The SMILES string of the molecule is CCCCN(C)CCCN(CCCC)c1nc(N(CCCC)C2CC(C)(C)NC(C)(C)C2)nc(N(CCCC)C2CC(C)(C)NC(C)(C)C2)n1. The lowest BCUT2D eigenvalue weighted by Gasteiger charge is -2.50. The fraction of sp³-hybridized carbons (Fsp3) is 0.927. The molecule has 0 radical (unpaired) electrons. The highest BCUT2D eigenvalue weighted by molar-refractivity contribution is 5.48. The minimum absolute atomic E-state index is 0.0337. The zero-order valence-electron chi connectivity index (χ0n) is 35.2. The molecule has 0 atom stereocenters. The van der Waals surface area contributed by atoms with Gasteiger partial charge in [0.15, 0.2) is 0 Å². The average molecular weight is 700 g/mol. The van der Waals surface area contributed by atoms with Crippen molar-refractivity contribution in [2.24, 2.45) is 0 Å². The Kier molecular flexibility index (Phi) is 16.1. The summed E-state index contributed by atoms with van der Waals surface area (Å²) in [7, 11) is 2.27. The third-order valence-corrected chi connectivity index (χ3v) is 10.8. The number of anilines is 3.